The molecule has 0 saturated carbocycles. The van der Waals surface area contributed by atoms with Gasteiger partial charge in [-0.3, -0.25) is 4.79 Å². The van der Waals surface area contributed by atoms with Gasteiger partial charge in [-0.25, -0.2) is 0 Å². The van der Waals surface area contributed by atoms with Crippen molar-refractivity contribution in [2.75, 3.05) is 0 Å². The van der Waals surface area contributed by atoms with E-state index in [1.165, 1.54) is 64.2 Å². The average Bonchev–Trinajstić information content (AvgIpc) is 2.91. The van der Waals surface area contributed by atoms with Crippen LogP contribution in [-0.4, -0.2) is 12.0 Å². The molecule has 4 heteroatoms. The zero-order valence-corrected chi connectivity index (χ0v) is 13.9. The molecule has 1 heterocycles. The summed E-state index contributed by atoms with van der Waals surface area (Å²) in [4.78, 5) is 16.5. The number of unbranched alkanes of at least 4 members (excludes halogenated alkanes) is 9. The van der Waals surface area contributed by atoms with Gasteiger partial charge in [-0.15, -0.1) is 0 Å². The smallest absolute Gasteiger partial charge is 0.311 e. The standard InChI is InChI=1S/C17H32N2O2/c1-3-5-6-7-8-9-10-11-12-13-14-15(4-2)16-17(20)18-19-21-16/h15-16H,3-14H2,1-2H3. The minimum atomic E-state index is -0.409. The number of hydrogen-bond donors (Lipinski definition) is 0. The number of amides is 1. The first-order valence-electron chi connectivity index (χ1n) is 8.90. The lowest BCUT2D eigenvalue weighted by Gasteiger charge is -2.17. The molecule has 0 saturated heterocycles. The van der Waals surface area contributed by atoms with Gasteiger partial charge >= 0.3 is 5.91 Å². The molecule has 0 radical (unpaired) electrons. The first-order valence-corrected chi connectivity index (χ1v) is 8.90. The lowest BCUT2D eigenvalue weighted by molar-refractivity contribution is -0.126. The van der Waals surface area contributed by atoms with Crippen molar-refractivity contribution in [3.05, 3.63) is 0 Å². The summed E-state index contributed by atoms with van der Waals surface area (Å²) in [7, 11) is 0. The van der Waals surface area contributed by atoms with E-state index in [0.29, 0.717) is 0 Å². The molecule has 1 amide bonds. The molecular weight excluding hydrogens is 264 g/mol. The van der Waals surface area contributed by atoms with Gasteiger partial charge in [-0.2, -0.15) is 0 Å². The lowest BCUT2D eigenvalue weighted by Crippen LogP contribution is -2.26. The molecule has 2 unspecified atom stereocenters. The van der Waals surface area contributed by atoms with Crippen LogP contribution in [0.3, 0.4) is 0 Å². The first-order chi connectivity index (χ1) is 10.3. The fourth-order valence-corrected chi connectivity index (χ4v) is 2.97. The highest BCUT2D eigenvalue weighted by Gasteiger charge is 2.32. The van der Waals surface area contributed by atoms with Gasteiger partial charge in [0.05, 0.1) is 0 Å². The monoisotopic (exact) mass is 296 g/mol. The Bertz CT molecular complexity index is 305. The van der Waals surface area contributed by atoms with Crippen molar-refractivity contribution in [1.82, 2.24) is 0 Å². The molecular formula is C17H32N2O2. The Morgan fingerprint density at radius 2 is 1.52 bits per heavy atom. The second-order valence-electron chi connectivity index (χ2n) is 6.18. The van der Waals surface area contributed by atoms with Gasteiger partial charge in [0.25, 0.3) is 0 Å². The summed E-state index contributed by atoms with van der Waals surface area (Å²) in [6.45, 7) is 4.37. The normalized spacial score (nSPS) is 19.0. The van der Waals surface area contributed by atoms with Gasteiger partial charge in [-0.1, -0.05) is 83.2 Å². The van der Waals surface area contributed by atoms with Crippen molar-refractivity contribution in [2.45, 2.75) is 97.0 Å². The van der Waals surface area contributed by atoms with Crippen LogP contribution in [-0.2, 0) is 9.63 Å². The van der Waals surface area contributed by atoms with E-state index < -0.39 is 6.10 Å². The molecule has 1 aliphatic heterocycles. The van der Waals surface area contributed by atoms with Gasteiger partial charge in [-0.05, 0) is 12.8 Å². The second-order valence-corrected chi connectivity index (χ2v) is 6.18. The van der Waals surface area contributed by atoms with Crippen LogP contribution in [0.4, 0.5) is 0 Å². The van der Waals surface area contributed by atoms with Crippen molar-refractivity contribution in [3.63, 3.8) is 0 Å². The van der Waals surface area contributed by atoms with Crippen LogP contribution in [0.15, 0.2) is 10.4 Å². The molecule has 21 heavy (non-hydrogen) atoms. The topological polar surface area (TPSA) is 51.0 Å². The Kier molecular flexibility index (Phi) is 10.1. The number of carbonyl (C=O) groups excluding carboxylic acids is 1. The van der Waals surface area contributed by atoms with Crippen LogP contribution >= 0.6 is 0 Å². The van der Waals surface area contributed by atoms with E-state index in [1.54, 1.807) is 0 Å². The van der Waals surface area contributed by atoms with Gasteiger partial charge in [0.1, 0.15) is 0 Å². The SMILES string of the molecule is CCCCCCCCCCCCC(CC)C1ON=NC1=O. The van der Waals surface area contributed by atoms with Crippen LogP contribution in [0.2, 0.25) is 0 Å². The third-order valence-electron chi connectivity index (χ3n) is 4.42. The molecule has 4 nitrogen and oxygen atoms in total. The Morgan fingerprint density at radius 1 is 0.952 bits per heavy atom. The highest BCUT2D eigenvalue weighted by Crippen LogP contribution is 2.24. The molecule has 0 fully saturated rings. The maximum absolute atomic E-state index is 11.5. The summed E-state index contributed by atoms with van der Waals surface area (Å²) in [5.41, 5.74) is 0. The maximum Gasteiger partial charge on any atom is 0.311 e. The van der Waals surface area contributed by atoms with E-state index in [4.69, 9.17) is 4.84 Å². The molecule has 0 bridgehead atoms. The van der Waals surface area contributed by atoms with Crippen LogP contribution in [0.5, 0.6) is 0 Å². The van der Waals surface area contributed by atoms with E-state index in [9.17, 15) is 4.79 Å². The largest absolute Gasteiger partial charge is 0.365 e. The zero-order chi connectivity index (χ0) is 15.3. The Morgan fingerprint density at radius 3 is 2.00 bits per heavy atom. The van der Waals surface area contributed by atoms with E-state index in [1.807, 2.05) is 0 Å². The first kappa shape index (κ1) is 18.1. The summed E-state index contributed by atoms with van der Waals surface area (Å²) in [6, 6.07) is 0. The molecule has 0 aromatic heterocycles. The summed E-state index contributed by atoms with van der Waals surface area (Å²) in [5.74, 6) is 0.0791. The van der Waals surface area contributed by atoms with Crippen molar-refractivity contribution < 1.29 is 9.63 Å². The molecule has 0 aliphatic carbocycles. The molecule has 0 N–H and O–H groups in total. The van der Waals surface area contributed by atoms with Crippen LogP contribution in [0, 0.1) is 5.92 Å². The quantitative estimate of drug-likeness (QED) is 0.414. The molecule has 0 spiro atoms. The van der Waals surface area contributed by atoms with E-state index in [0.717, 1.165) is 12.8 Å². The predicted octanol–water partition coefficient (Wildman–Crippen LogP) is 5.62. The van der Waals surface area contributed by atoms with Crippen molar-refractivity contribution >= 4 is 5.91 Å². The molecule has 1 aliphatic rings. The van der Waals surface area contributed by atoms with Gasteiger partial charge in [0.15, 0.2) is 0 Å². The van der Waals surface area contributed by atoms with Crippen LogP contribution in [0.1, 0.15) is 90.9 Å². The molecule has 2 atom stereocenters. The minimum absolute atomic E-state index is 0.200. The van der Waals surface area contributed by atoms with Gasteiger partial charge in [0, 0.05) is 11.2 Å². The number of hydrogen-bond acceptors (Lipinski definition) is 3. The summed E-state index contributed by atoms with van der Waals surface area (Å²) < 4.78 is 0. The van der Waals surface area contributed by atoms with E-state index in [-0.39, 0.29) is 11.8 Å². The summed E-state index contributed by atoms with van der Waals surface area (Å²) in [6.07, 6.45) is 15.0. The number of rotatable bonds is 13. The number of carbonyl (C=O) groups is 1. The number of nitrogens with zero attached hydrogens (tertiary/aromatic N) is 2. The Hall–Kier alpha value is -0.930. The third-order valence-corrected chi connectivity index (χ3v) is 4.42. The van der Waals surface area contributed by atoms with Crippen LogP contribution in [0.25, 0.3) is 0 Å². The lowest BCUT2D eigenvalue weighted by atomic mass is 9.92. The fraction of sp³-hybridized carbons (Fsp3) is 0.941. The minimum Gasteiger partial charge on any atom is -0.365 e. The highest BCUT2D eigenvalue weighted by atomic mass is 16.7. The van der Waals surface area contributed by atoms with E-state index in [2.05, 4.69) is 24.2 Å². The van der Waals surface area contributed by atoms with E-state index >= 15 is 0 Å². The molecule has 0 aromatic carbocycles. The predicted molar refractivity (Wildman–Crippen MR) is 85.0 cm³/mol. The summed E-state index contributed by atoms with van der Waals surface area (Å²) >= 11 is 0. The fourth-order valence-electron chi connectivity index (χ4n) is 2.97. The van der Waals surface area contributed by atoms with Crippen LogP contribution < -0.4 is 0 Å². The van der Waals surface area contributed by atoms with Gasteiger partial charge < -0.3 is 4.84 Å². The third kappa shape index (κ3) is 7.58. The average molecular weight is 296 g/mol. The summed E-state index contributed by atoms with van der Waals surface area (Å²) in [5, 5.41) is 6.84. The molecule has 1 rings (SSSR count). The highest BCUT2D eigenvalue weighted by molar-refractivity contribution is 5.82. The van der Waals surface area contributed by atoms with Crippen molar-refractivity contribution in [1.29, 1.82) is 0 Å². The second kappa shape index (κ2) is 11.7. The van der Waals surface area contributed by atoms with Gasteiger partial charge in [0.2, 0.25) is 6.10 Å². The molecule has 122 valence electrons. The Balaban J connectivity index is 1.94. The van der Waals surface area contributed by atoms with Crippen molar-refractivity contribution in [2.24, 2.45) is 16.3 Å². The zero-order valence-electron chi connectivity index (χ0n) is 13.9. The Labute approximate surface area is 129 Å². The molecule has 0 aromatic rings. The van der Waals surface area contributed by atoms with Crippen molar-refractivity contribution in [3.8, 4) is 0 Å². The maximum atomic E-state index is 11.5.